The first-order valence-corrected chi connectivity index (χ1v) is 8.94. The van der Waals surface area contributed by atoms with E-state index >= 15 is 0 Å². The van der Waals surface area contributed by atoms with Gasteiger partial charge in [-0.3, -0.25) is 4.90 Å². The van der Waals surface area contributed by atoms with Gasteiger partial charge in [-0.1, -0.05) is 66.7 Å². The predicted molar refractivity (Wildman–Crippen MR) is 107 cm³/mol. The van der Waals surface area contributed by atoms with E-state index in [1.165, 1.54) is 22.3 Å². The van der Waals surface area contributed by atoms with Crippen LogP contribution in [0, 0.1) is 0 Å². The molecule has 3 aromatic carbocycles. The second kappa shape index (κ2) is 9.18. The van der Waals surface area contributed by atoms with E-state index in [2.05, 4.69) is 71.6 Å². The molecule has 0 unspecified atom stereocenters. The molecule has 0 aromatic heterocycles. The molecule has 26 heavy (non-hydrogen) atoms. The maximum absolute atomic E-state index is 5.71. The minimum Gasteiger partial charge on any atom is -0.497 e. The zero-order valence-electron chi connectivity index (χ0n) is 15.3. The number of hydrogen-bond acceptors (Lipinski definition) is 3. The van der Waals surface area contributed by atoms with E-state index in [1.807, 2.05) is 12.1 Å². The van der Waals surface area contributed by atoms with Gasteiger partial charge in [0.25, 0.3) is 0 Å². The maximum Gasteiger partial charge on any atom is 0.118 e. The molecule has 0 amide bonds. The van der Waals surface area contributed by atoms with Crippen molar-refractivity contribution in [1.82, 2.24) is 4.90 Å². The smallest absolute Gasteiger partial charge is 0.118 e. The van der Waals surface area contributed by atoms with Crippen LogP contribution in [0.2, 0.25) is 0 Å². The molecule has 0 atom stereocenters. The van der Waals surface area contributed by atoms with Gasteiger partial charge in [0.15, 0.2) is 0 Å². The quantitative estimate of drug-likeness (QED) is 0.659. The summed E-state index contributed by atoms with van der Waals surface area (Å²) in [7, 11) is 1.70. The topological polar surface area (TPSA) is 38.5 Å². The van der Waals surface area contributed by atoms with Crippen LogP contribution in [0.15, 0.2) is 78.9 Å². The lowest BCUT2D eigenvalue weighted by molar-refractivity contribution is 0.247. The van der Waals surface area contributed by atoms with Crippen LogP contribution in [-0.4, -0.2) is 12.0 Å². The Morgan fingerprint density at radius 2 is 1.12 bits per heavy atom. The molecular weight excluding hydrogens is 320 g/mol. The van der Waals surface area contributed by atoms with E-state index < -0.39 is 0 Å². The molecule has 0 radical (unpaired) electrons. The Morgan fingerprint density at radius 1 is 0.654 bits per heavy atom. The molecule has 0 aliphatic heterocycles. The minimum absolute atomic E-state index is 0.583. The zero-order chi connectivity index (χ0) is 18.2. The van der Waals surface area contributed by atoms with Gasteiger partial charge in [-0.05, 0) is 34.4 Å². The Hall–Kier alpha value is -2.62. The number of nitrogens with zero attached hydrogens (tertiary/aromatic N) is 1. The van der Waals surface area contributed by atoms with Gasteiger partial charge in [0, 0.05) is 26.2 Å². The van der Waals surface area contributed by atoms with Crippen LogP contribution >= 0.6 is 0 Å². The molecule has 0 bridgehead atoms. The summed E-state index contributed by atoms with van der Waals surface area (Å²) in [6, 6.07) is 27.5. The zero-order valence-corrected chi connectivity index (χ0v) is 15.3. The predicted octanol–water partition coefficient (Wildman–Crippen LogP) is 4.36. The number of nitrogens with two attached hydrogens (primary N) is 1. The second-order valence-electron chi connectivity index (χ2n) is 6.50. The second-order valence-corrected chi connectivity index (χ2v) is 6.50. The highest BCUT2D eigenvalue weighted by molar-refractivity contribution is 5.28. The van der Waals surface area contributed by atoms with Crippen LogP contribution in [0.1, 0.15) is 22.3 Å². The van der Waals surface area contributed by atoms with E-state index in [0.717, 1.165) is 25.4 Å². The van der Waals surface area contributed by atoms with Crippen molar-refractivity contribution in [2.24, 2.45) is 5.73 Å². The maximum atomic E-state index is 5.71. The average Bonchev–Trinajstić information content (AvgIpc) is 2.70. The highest BCUT2D eigenvalue weighted by Gasteiger charge is 2.09. The highest BCUT2D eigenvalue weighted by Crippen LogP contribution is 2.17. The third-order valence-electron chi connectivity index (χ3n) is 4.48. The summed E-state index contributed by atoms with van der Waals surface area (Å²) in [4.78, 5) is 2.45. The highest BCUT2D eigenvalue weighted by atomic mass is 16.5. The van der Waals surface area contributed by atoms with E-state index in [0.29, 0.717) is 6.54 Å². The van der Waals surface area contributed by atoms with Gasteiger partial charge >= 0.3 is 0 Å². The van der Waals surface area contributed by atoms with Gasteiger partial charge in [-0.25, -0.2) is 0 Å². The molecule has 3 rings (SSSR count). The third-order valence-corrected chi connectivity index (χ3v) is 4.48. The van der Waals surface area contributed by atoms with E-state index in [-0.39, 0.29) is 0 Å². The first kappa shape index (κ1) is 18.2. The van der Waals surface area contributed by atoms with E-state index in [1.54, 1.807) is 7.11 Å². The van der Waals surface area contributed by atoms with Crippen molar-refractivity contribution >= 4 is 0 Å². The Kier molecular flexibility index (Phi) is 6.42. The Morgan fingerprint density at radius 3 is 1.62 bits per heavy atom. The third kappa shape index (κ3) is 5.19. The van der Waals surface area contributed by atoms with Crippen molar-refractivity contribution in [2.45, 2.75) is 26.2 Å². The lowest BCUT2D eigenvalue weighted by Crippen LogP contribution is -2.22. The summed E-state index contributed by atoms with van der Waals surface area (Å²) >= 11 is 0. The fraction of sp³-hybridized carbons (Fsp3) is 0.217. The van der Waals surface area contributed by atoms with Crippen molar-refractivity contribution in [3.63, 3.8) is 0 Å². The number of rotatable bonds is 8. The molecule has 0 aliphatic carbocycles. The van der Waals surface area contributed by atoms with Crippen molar-refractivity contribution in [3.05, 3.63) is 101 Å². The fourth-order valence-electron chi connectivity index (χ4n) is 3.04. The van der Waals surface area contributed by atoms with E-state index in [4.69, 9.17) is 10.5 Å². The van der Waals surface area contributed by atoms with Crippen molar-refractivity contribution < 1.29 is 4.74 Å². The number of methoxy groups -OCH3 is 1. The normalized spacial score (nSPS) is 10.9. The van der Waals surface area contributed by atoms with Crippen LogP contribution < -0.4 is 10.5 Å². The SMILES string of the molecule is COc1ccc(CN(Cc2ccccc2)Cc2ccc(CN)cc2)cc1. The van der Waals surface area contributed by atoms with Crippen LogP contribution in [0.25, 0.3) is 0 Å². The Bertz CT molecular complexity index is 733. The molecule has 0 heterocycles. The summed E-state index contributed by atoms with van der Waals surface area (Å²) in [5.74, 6) is 0.890. The number of ether oxygens (including phenoxy) is 1. The molecule has 2 N–H and O–H groups in total. The van der Waals surface area contributed by atoms with Crippen LogP contribution in [-0.2, 0) is 26.2 Å². The largest absolute Gasteiger partial charge is 0.497 e. The monoisotopic (exact) mass is 346 g/mol. The molecule has 3 nitrogen and oxygen atoms in total. The van der Waals surface area contributed by atoms with Crippen LogP contribution in [0.5, 0.6) is 5.75 Å². The fourth-order valence-corrected chi connectivity index (χ4v) is 3.04. The summed E-state index contributed by atoms with van der Waals surface area (Å²) in [6.07, 6.45) is 0. The van der Waals surface area contributed by atoms with Crippen molar-refractivity contribution in [3.8, 4) is 5.75 Å². The molecular formula is C23H26N2O. The lowest BCUT2D eigenvalue weighted by Gasteiger charge is -2.23. The number of benzene rings is 3. The summed E-state index contributed by atoms with van der Waals surface area (Å²) in [5, 5.41) is 0. The Balaban J connectivity index is 1.75. The van der Waals surface area contributed by atoms with Gasteiger partial charge in [0.2, 0.25) is 0 Å². The summed E-state index contributed by atoms with van der Waals surface area (Å²) in [6.45, 7) is 3.27. The summed E-state index contributed by atoms with van der Waals surface area (Å²) < 4.78 is 5.26. The molecule has 3 aromatic rings. The molecule has 0 saturated heterocycles. The minimum atomic E-state index is 0.583. The first-order chi connectivity index (χ1) is 12.8. The average molecular weight is 346 g/mol. The molecule has 0 aliphatic rings. The van der Waals surface area contributed by atoms with Gasteiger partial charge in [-0.2, -0.15) is 0 Å². The van der Waals surface area contributed by atoms with Gasteiger partial charge in [-0.15, -0.1) is 0 Å². The molecule has 134 valence electrons. The summed E-state index contributed by atoms with van der Waals surface area (Å²) in [5.41, 5.74) is 10.8. The molecule has 0 spiro atoms. The lowest BCUT2D eigenvalue weighted by atomic mass is 10.1. The van der Waals surface area contributed by atoms with Gasteiger partial charge < -0.3 is 10.5 Å². The van der Waals surface area contributed by atoms with Crippen molar-refractivity contribution in [2.75, 3.05) is 7.11 Å². The molecule has 0 fully saturated rings. The van der Waals surface area contributed by atoms with Crippen LogP contribution in [0.4, 0.5) is 0 Å². The standard InChI is InChI=1S/C23H26N2O/c1-26-23-13-11-22(12-14-23)18-25(16-20-5-3-2-4-6-20)17-21-9-7-19(15-24)8-10-21/h2-14H,15-18,24H2,1H3. The number of hydrogen-bond donors (Lipinski definition) is 1. The molecule has 0 saturated carbocycles. The Labute approximate surface area is 156 Å². The first-order valence-electron chi connectivity index (χ1n) is 8.94. The van der Waals surface area contributed by atoms with Crippen LogP contribution in [0.3, 0.4) is 0 Å². The molecule has 3 heteroatoms. The van der Waals surface area contributed by atoms with Crippen molar-refractivity contribution in [1.29, 1.82) is 0 Å². The van der Waals surface area contributed by atoms with Gasteiger partial charge in [0.05, 0.1) is 7.11 Å². The van der Waals surface area contributed by atoms with Gasteiger partial charge in [0.1, 0.15) is 5.75 Å². The van der Waals surface area contributed by atoms with E-state index in [9.17, 15) is 0 Å².